The second-order valence-electron chi connectivity index (χ2n) is 4.55. The predicted molar refractivity (Wildman–Crippen MR) is 77.4 cm³/mol. The summed E-state index contributed by atoms with van der Waals surface area (Å²) in [6.07, 6.45) is 0.761. The van der Waals surface area contributed by atoms with Gasteiger partial charge >= 0.3 is 17.9 Å². The molecular weight excluding hydrogens is 288 g/mol. The second kappa shape index (κ2) is 10.4. The Labute approximate surface area is 129 Å². The van der Waals surface area contributed by atoms with Gasteiger partial charge in [-0.05, 0) is 12.0 Å². The molecule has 0 aromatic heterocycles. The van der Waals surface area contributed by atoms with Crippen molar-refractivity contribution in [2.45, 2.75) is 39.2 Å². The Kier molecular flexibility index (Phi) is 8.33. The maximum atomic E-state index is 11.5. The lowest BCUT2D eigenvalue weighted by Gasteiger charge is -2.06. The van der Waals surface area contributed by atoms with Crippen molar-refractivity contribution in [3.63, 3.8) is 0 Å². The van der Waals surface area contributed by atoms with Gasteiger partial charge in [0.15, 0.2) is 0 Å². The van der Waals surface area contributed by atoms with Gasteiger partial charge in [-0.25, -0.2) is 0 Å². The van der Waals surface area contributed by atoms with Crippen molar-refractivity contribution >= 4 is 17.9 Å². The fourth-order valence-electron chi connectivity index (χ4n) is 1.52. The van der Waals surface area contributed by atoms with Gasteiger partial charge in [-0.15, -0.1) is 0 Å². The first kappa shape index (κ1) is 17.7. The summed E-state index contributed by atoms with van der Waals surface area (Å²) in [5.41, 5.74) is 0.876. The number of esters is 3. The Morgan fingerprint density at radius 2 is 1.36 bits per heavy atom. The monoisotopic (exact) mass is 308 g/mol. The number of ether oxygens (including phenoxy) is 3. The molecule has 0 saturated heterocycles. The van der Waals surface area contributed by atoms with Crippen LogP contribution in [0, 0.1) is 0 Å². The van der Waals surface area contributed by atoms with Crippen molar-refractivity contribution < 1.29 is 28.6 Å². The van der Waals surface area contributed by atoms with Gasteiger partial charge in [0, 0.05) is 6.42 Å². The van der Waals surface area contributed by atoms with Crippen molar-refractivity contribution in [2.75, 3.05) is 6.79 Å². The Morgan fingerprint density at radius 1 is 0.818 bits per heavy atom. The van der Waals surface area contributed by atoms with Gasteiger partial charge in [-0.1, -0.05) is 37.3 Å². The lowest BCUT2D eigenvalue weighted by atomic mass is 10.2. The summed E-state index contributed by atoms with van der Waals surface area (Å²) in [5, 5.41) is 0. The largest absolute Gasteiger partial charge is 0.461 e. The lowest BCUT2D eigenvalue weighted by Crippen LogP contribution is -2.14. The zero-order chi connectivity index (χ0) is 16.2. The Morgan fingerprint density at radius 3 is 1.95 bits per heavy atom. The van der Waals surface area contributed by atoms with Crippen LogP contribution in [0.25, 0.3) is 0 Å². The minimum absolute atomic E-state index is 0.0748. The molecule has 0 aliphatic heterocycles. The topological polar surface area (TPSA) is 78.9 Å². The van der Waals surface area contributed by atoms with Crippen LogP contribution >= 0.6 is 0 Å². The van der Waals surface area contributed by atoms with Crippen LogP contribution in [0.4, 0.5) is 0 Å². The Bertz CT molecular complexity index is 483. The smallest absolute Gasteiger partial charge is 0.309 e. The number of carbonyl (C=O) groups is 3. The number of hydrogen-bond acceptors (Lipinski definition) is 6. The summed E-state index contributed by atoms with van der Waals surface area (Å²) in [6.45, 7) is 1.59. The van der Waals surface area contributed by atoms with E-state index in [1.807, 2.05) is 37.3 Å². The normalized spacial score (nSPS) is 9.86. The summed E-state index contributed by atoms with van der Waals surface area (Å²) >= 11 is 0. The molecule has 0 radical (unpaired) electrons. The fraction of sp³-hybridized carbons (Fsp3) is 0.438. The molecular formula is C16H20O6. The van der Waals surface area contributed by atoms with Gasteiger partial charge < -0.3 is 14.2 Å². The van der Waals surface area contributed by atoms with E-state index in [4.69, 9.17) is 4.74 Å². The molecule has 0 amide bonds. The molecule has 0 unspecified atom stereocenters. The Balaban J connectivity index is 2.10. The van der Waals surface area contributed by atoms with Crippen LogP contribution in [0.3, 0.4) is 0 Å². The van der Waals surface area contributed by atoms with Crippen LogP contribution in [0.1, 0.15) is 38.2 Å². The summed E-state index contributed by atoms with van der Waals surface area (Å²) in [6, 6.07) is 9.24. The number of benzene rings is 1. The standard InChI is InChI=1S/C16H20O6/c1-2-6-14(17)21-12-22-16(19)10-9-15(18)20-11-13-7-4-3-5-8-13/h3-5,7-8H,2,6,9-12H2,1H3. The summed E-state index contributed by atoms with van der Waals surface area (Å²) in [4.78, 5) is 33.8. The van der Waals surface area contributed by atoms with Gasteiger partial charge in [-0.2, -0.15) is 0 Å². The molecule has 6 heteroatoms. The molecule has 0 atom stereocenters. The molecule has 0 aliphatic carbocycles. The van der Waals surface area contributed by atoms with Gasteiger partial charge in [0.2, 0.25) is 6.79 Å². The molecule has 0 fully saturated rings. The summed E-state index contributed by atoms with van der Waals surface area (Å²) in [5.74, 6) is -1.51. The van der Waals surface area contributed by atoms with E-state index < -0.39 is 24.7 Å². The van der Waals surface area contributed by atoms with Crippen molar-refractivity contribution in [2.24, 2.45) is 0 Å². The maximum absolute atomic E-state index is 11.5. The first-order valence-corrected chi connectivity index (χ1v) is 7.12. The average Bonchev–Trinajstić information content (AvgIpc) is 2.52. The van der Waals surface area contributed by atoms with Crippen LogP contribution in [0.5, 0.6) is 0 Å². The third-order valence-electron chi connectivity index (χ3n) is 2.67. The van der Waals surface area contributed by atoms with E-state index in [2.05, 4.69) is 9.47 Å². The molecule has 0 saturated carbocycles. The number of carbonyl (C=O) groups excluding carboxylic acids is 3. The molecule has 120 valence electrons. The van der Waals surface area contributed by atoms with Crippen LogP contribution in [0.15, 0.2) is 30.3 Å². The van der Waals surface area contributed by atoms with Crippen molar-refractivity contribution in [1.82, 2.24) is 0 Å². The highest BCUT2D eigenvalue weighted by Gasteiger charge is 2.10. The highest BCUT2D eigenvalue weighted by Crippen LogP contribution is 2.03. The van der Waals surface area contributed by atoms with E-state index in [1.54, 1.807) is 0 Å². The molecule has 0 bridgehead atoms. The molecule has 0 heterocycles. The van der Waals surface area contributed by atoms with Gasteiger partial charge in [0.1, 0.15) is 6.61 Å². The zero-order valence-electron chi connectivity index (χ0n) is 12.6. The van der Waals surface area contributed by atoms with Crippen molar-refractivity contribution in [1.29, 1.82) is 0 Å². The highest BCUT2D eigenvalue weighted by atomic mass is 16.7. The molecule has 0 spiro atoms. The molecule has 6 nitrogen and oxygen atoms in total. The van der Waals surface area contributed by atoms with E-state index in [0.29, 0.717) is 6.42 Å². The number of hydrogen-bond donors (Lipinski definition) is 0. The van der Waals surface area contributed by atoms with Crippen LogP contribution < -0.4 is 0 Å². The van der Waals surface area contributed by atoms with Gasteiger partial charge in [-0.3, -0.25) is 14.4 Å². The summed E-state index contributed by atoms with van der Waals surface area (Å²) < 4.78 is 14.4. The molecule has 1 aromatic rings. The van der Waals surface area contributed by atoms with E-state index in [1.165, 1.54) is 0 Å². The van der Waals surface area contributed by atoms with Gasteiger partial charge in [0.05, 0.1) is 12.8 Å². The minimum atomic E-state index is -0.610. The van der Waals surface area contributed by atoms with E-state index in [9.17, 15) is 14.4 Å². The minimum Gasteiger partial charge on any atom is -0.461 e. The third kappa shape index (κ3) is 8.04. The average molecular weight is 308 g/mol. The lowest BCUT2D eigenvalue weighted by molar-refractivity contribution is -0.168. The van der Waals surface area contributed by atoms with Crippen LogP contribution in [-0.4, -0.2) is 24.7 Å². The van der Waals surface area contributed by atoms with Crippen molar-refractivity contribution in [3.8, 4) is 0 Å². The highest BCUT2D eigenvalue weighted by molar-refractivity contribution is 5.77. The fourth-order valence-corrected chi connectivity index (χ4v) is 1.52. The SMILES string of the molecule is CCCC(=O)OCOC(=O)CCC(=O)OCc1ccccc1. The second-order valence-corrected chi connectivity index (χ2v) is 4.55. The van der Waals surface area contributed by atoms with Crippen molar-refractivity contribution in [3.05, 3.63) is 35.9 Å². The molecule has 1 aromatic carbocycles. The van der Waals surface area contributed by atoms with E-state index >= 15 is 0 Å². The predicted octanol–water partition coefficient (Wildman–Crippen LogP) is 2.35. The first-order chi connectivity index (χ1) is 10.6. The zero-order valence-corrected chi connectivity index (χ0v) is 12.6. The molecule has 0 aliphatic rings. The first-order valence-electron chi connectivity index (χ1n) is 7.12. The van der Waals surface area contributed by atoms with E-state index in [0.717, 1.165) is 5.56 Å². The summed E-state index contributed by atoms with van der Waals surface area (Å²) in [7, 11) is 0. The molecule has 0 N–H and O–H groups in total. The molecule has 22 heavy (non-hydrogen) atoms. The maximum Gasteiger partial charge on any atom is 0.309 e. The van der Waals surface area contributed by atoms with Crippen LogP contribution in [-0.2, 0) is 35.2 Å². The quantitative estimate of drug-likeness (QED) is 0.514. The Hall–Kier alpha value is -2.37. The van der Waals surface area contributed by atoms with Crippen LogP contribution in [0.2, 0.25) is 0 Å². The molecule has 1 rings (SSSR count). The third-order valence-corrected chi connectivity index (χ3v) is 2.67. The van der Waals surface area contributed by atoms with Gasteiger partial charge in [0.25, 0.3) is 0 Å². The van der Waals surface area contributed by atoms with E-state index in [-0.39, 0.29) is 25.9 Å². The number of rotatable bonds is 9.